The number of aromatic nitrogens is 1. The number of carbonyl (C=O) groups excluding carboxylic acids is 2. The highest BCUT2D eigenvalue weighted by molar-refractivity contribution is 5.92. The third-order valence-electron chi connectivity index (χ3n) is 2.19. The van der Waals surface area contributed by atoms with E-state index in [1.54, 1.807) is 13.0 Å². The van der Waals surface area contributed by atoms with Crippen LogP contribution in [0, 0.1) is 12.8 Å². The lowest BCUT2D eigenvalue weighted by atomic mass is 10.1. The molecule has 0 bridgehead atoms. The third kappa shape index (κ3) is 4.99. The molecule has 6 nitrogen and oxygen atoms in total. The number of rotatable bonds is 6. The van der Waals surface area contributed by atoms with Crippen LogP contribution < -0.4 is 10.6 Å². The molecule has 2 N–H and O–H groups in total. The molecule has 1 aromatic heterocycles. The Morgan fingerprint density at radius 2 is 2.00 bits per heavy atom. The van der Waals surface area contributed by atoms with Crippen LogP contribution in [-0.4, -0.2) is 30.1 Å². The standard InChI is InChI=1S/C12H19N3O3/c1-8(2)6-11(16)13-4-5-14-12(17)10-7-9(3)18-15-10/h7-8H,4-6H2,1-3H3,(H,13,16)(H,14,17). The Morgan fingerprint density at radius 3 is 2.56 bits per heavy atom. The van der Waals surface area contributed by atoms with E-state index >= 15 is 0 Å². The van der Waals surface area contributed by atoms with E-state index in [1.807, 2.05) is 13.8 Å². The van der Waals surface area contributed by atoms with Gasteiger partial charge >= 0.3 is 0 Å². The molecule has 0 aliphatic carbocycles. The first-order valence-corrected chi connectivity index (χ1v) is 5.97. The predicted molar refractivity (Wildman–Crippen MR) is 66.0 cm³/mol. The molecule has 100 valence electrons. The fraction of sp³-hybridized carbons (Fsp3) is 0.583. The zero-order chi connectivity index (χ0) is 13.5. The number of hydrogen-bond donors (Lipinski definition) is 2. The predicted octanol–water partition coefficient (Wildman–Crippen LogP) is 0.875. The first-order valence-electron chi connectivity index (χ1n) is 5.97. The van der Waals surface area contributed by atoms with Crippen molar-refractivity contribution in [3.05, 3.63) is 17.5 Å². The number of carbonyl (C=O) groups is 2. The third-order valence-corrected chi connectivity index (χ3v) is 2.19. The van der Waals surface area contributed by atoms with Crippen molar-refractivity contribution in [2.45, 2.75) is 27.2 Å². The van der Waals surface area contributed by atoms with Gasteiger partial charge in [-0.3, -0.25) is 9.59 Å². The van der Waals surface area contributed by atoms with Crippen molar-refractivity contribution in [2.24, 2.45) is 5.92 Å². The second-order valence-electron chi connectivity index (χ2n) is 4.53. The van der Waals surface area contributed by atoms with Gasteiger partial charge in [-0.2, -0.15) is 0 Å². The Bertz CT molecular complexity index is 412. The summed E-state index contributed by atoms with van der Waals surface area (Å²) < 4.78 is 4.79. The first-order chi connectivity index (χ1) is 8.49. The number of nitrogens with zero attached hydrogens (tertiary/aromatic N) is 1. The van der Waals surface area contributed by atoms with E-state index < -0.39 is 0 Å². The molecule has 0 aromatic carbocycles. The van der Waals surface area contributed by atoms with Gasteiger partial charge in [-0.05, 0) is 12.8 Å². The van der Waals surface area contributed by atoms with Gasteiger partial charge in [-0.1, -0.05) is 19.0 Å². The van der Waals surface area contributed by atoms with Crippen molar-refractivity contribution in [3.8, 4) is 0 Å². The maximum Gasteiger partial charge on any atom is 0.273 e. The van der Waals surface area contributed by atoms with Gasteiger partial charge in [0.15, 0.2) is 5.69 Å². The van der Waals surface area contributed by atoms with Crippen molar-refractivity contribution in [3.63, 3.8) is 0 Å². The Labute approximate surface area is 106 Å². The van der Waals surface area contributed by atoms with Gasteiger partial charge < -0.3 is 15.2 Å². The summed E-state index contributed by atoms with van der Waals surface area (Å²) in [5.74, 6) is 0.615. The molecule has 6 heteroatoms. The summed E-state index contributed by atoms with van der Waals surface area (Å²) in [7, 11) is 0. The Morgan fingerprint density at radius 1 is 1.33 bits per heavy atom. The van der Waals surface area contributed by atoms with Crippen molar-refractivity contribution in [1.29, 1.82) is 0 Å². The summed E-state index contributed by atoms with van der Waals surface area (Å²) in [5.41, 5.74) is 0.251. The Hall–Kier alpha value is -1.85. The van der Waals surface area contributed by atoms with Crippen LogP contribution in [0.15, 0.2) is 10.6 Å². The average molecular weight is 253 g/mol. The molecule has 1 rings (SSSR count). The minimum Gasteiger partial charge on any atom is -0.361 e. The smallest absolute Gasteiger partial charge is 0.273 e. The van der Waals surface area contributed by atoms with Gasteiger partial charge in [0.1, 0.15) is 5.76 Å². The zero-order valence-corrected chi connectivity index (χ0v) is 10.9. The van der Waals surface area contributed by atoms with Gasteiger partial charge in [-0.15, -0.1) is 0 Å². The topological polar surface area (TPSA) is 84.2 Å². The first kappa shape index (κ1) is 14.2. The highest BCUT2D eigenvalue weighted by Crippen LogP contribution is 2.00. The van der Waals surface area contributed by atoms with Crippen LogP contribution in [0.3, 0.4) is 0 Å². The van der Waals surface area contributed by atoms with Crippen LogP contribution in [-0.2, 0) is 4.79 Å². The number of hydrogen-bond acceptors (Lipinski definition) is 4. The molecular formula is C12H19N3O3. The maximum absolute atomic E-state index is 11.5. The average Bonchev–Trinajstić information content (AvgIpc) is 2.70. The Kier molecular flexibility index (Phi) is 5.35. The largest absolute Gasteiger partial charge is 0.361 e. The number of amides is 2. The summed E-state index contributed by atoms with van der Waals surface area (Å²) in [5, 5.41) is 8.97. The van der Waals surface area contributed by atoms with Crippen molar-refractivity contribution in [2.75, 3.05) is 13.1 Å². The normalized spacial score (nSPS) is 10.4. The van der Waals surface area contributed by atoms with Gasteiger partial charge in [0, 0.05) is 25.6 Å². The molecule has 0 aliphatic heterocycles. The molecule has 1 aromatic rings. The molecule has 1 heterocycles. The molecule has 0 unspecified atom stereocenters. The highest BCUT2D eigenvalue weighted by atomic mass is 16.5. The van der Waals surface area contributed by atoms with Crippen LogP contribution in [0.4, 0.5) is 0 Å². The van der Waals surface area contributed by atoms with Gasteiger partial charge in [-0.25, -0.2) is 0 Å². The monoisotopic (exact) mass is 253 g/mol. The van der Waals surface area contributed by atoms with Gasteiger partial charge in [0.05, 0.1) is 0 Å². The molecule has 2 amide bonds. The van der Waals surface area contributed by atoms with E-state index in [0.29, 0.717) is 31.2 Å². The molecule has 0 fully saturated rings. The highest BCUT2D eigenvalue weighted by Gasteiger charge is 2.10. The summed E-state index contributed by atoms with van der Waals surface area (Å²) in [6.45, 7) is 6.46. The van der Waals surface area contributed by atoms with Crippen LogP contribution in [0.5, 0.6) is 0 Å². The van der Waals surface area contributed by atoms with Crippen molar-refractivity contribution >= 4 is 11.8 Å². The lowest BCUT2D eigenvalue weighted by molar-refractivity contribution is -0.121. The van der Waals surface area contributed by atoms with Crippen molar-refractivity contribution < 1.29 is 14.1 Å². The van der Waals surface area contributed by atoms with E-state index in [4.69, 9.17) is 4.52 Å². The lowest BCUT2D eigenvalue weighted by Crippen LogP contribution is -2.35. The van der Waals surface area contributed by atoms with Crippen molar-refractivity contribution in [1.82, 2.24) is 15.8 Å². The molecule has 0 radical (unpaired) electrons. The van der Waals surface area contributed by atoms with E-state index in [-0.39, 0.29) is 17.5 Å². The summed E-state index contributed by atoms with van der Waals surface area (Å²) >= 11 is 0. The van der Waals surface area contributed by atoms with E-state index in [2.05, 4.69) is 15.8 Å². The summed E-state index contributed by atoms with van der Waals surface area (Å²) in [6.07, 6.45) is 0.496. The molecule has 18 heavy (non-hydrogen) atoms. The molecule has 0 spiro atoms. The summed E-state index contributed by atoms with van der Waals surface area (Å²) in [4.78, 5) is 22.9. The van der Waals surface area contributed by atoms with Crippen LogP contribution in [0.1, 0.15) is 36.5 Å². The van der Waals surface area contributed by atoms with Crippen LogP contribution in [0.25, 0.3) is 0 Å². The van der Waals surface area contributed by atoms with Gasteiger partial charge in [0.2, 0.25) is 5.91 Å². The second-order valence-corrected chi connectivity index (χ2v) is 4.53. The fourth-order valence-corrected chi connectivity index (χ4v) is 1.38. The van der Waals surface area contributed by atoms with Crippen LogP contribution >= 0.6 is 0 Å². The Balaban J connectivity index is 2.18. The second kappa shape index (κ2) is 6.78. The SMILES string of the molecule is Cc1cc(C(=O)NCCNC(=O)CC(C)C)no1. The minimum atomic E-state index is -0.301. The molecule has 0 saturated heterocycles. The minimum absolute atomic E-state index is 0.00321. The summed E-state index contributed by atoms with van der Waals surface area (Å²) in [6, 6.07) is 1.56. The maximum atomic E-state index is 11.5. The number of aryl methyl sites for hydroxylation is 1. The molecule has 0 aliphatic rings. The van der Waals surface area contributed by atoms with Crippen LogP contribution in [0.2, 0.25) is 0 Å². The number of nitrogens with one attached hydrogen (secondary N) is 2. The zero-order valence-electron chi connectivity index (χ0n) is 10.9. The molecule has 0 saturated carbocycles. The van der Waals surface area contributed by atoms with E-state index in [1.165, 1.54) is 0 Å². The lowest BCUT2D eigenvalue weighted by Gasteiger charge is -2.07. The molecular weight excluding hydrogens is 234 g/mol. The van der Waals surface area contributed by atoms with Gasteiger partial charge in [0.25, 0.3) is 5.91 Å². The van der Waals surface area contributed by atoms with E-state index in [9.17, 15) is 9.59 Å². The van der Waals surface area contributed by atoms with E-state index in [0.717, 1.165) is 0 Å². The molecule has 0 atom stereocenters. The quantitative estimate of drug-likeness (QED) is 0.737. The fourth-order valence-electron chi connectivity index (χ4n) is 1.38.